The van der Waals surface area contributed by atoms with E-state index in [0.29, 0.717) is 17.0 Å². The first-order valence-electron chi connectivity index (χ1n) is 6.99. The van der Waals surface area contributed by atoms with Gasteiger partial charge < -0.3 is 5.32 Å². The second kappa shape index (κ2) is 4.78. The van der Waals surface area contributed by atoms with Crippen LogP contribution in [0.25, 0.3) is 5.65 Å². The van der Waals surface area contributed by atoms with E-state index < -0.39 is 0 Å². The third-order valence-electron chi connectivity index (χ3n) is 4.04. The molecular formula is C16H13N3O2S. The van der Waals surface area contributed by atoms with E-state index in [2.05, 4.69) is 10.3 Å². The van der Waals surface area contributed by atoms with Crippen molar-refractivity contribution in [3.8, 4) is 0 Å². The topological polar surface area (TPSA) is 63.5 Å². The second-order valence-electron chi connectivity index (χ2n) is 5.43. The molecule has 1 aliphatic heterocycles. The molecule has 4 heterocycles. The maximum absolute atomic E-state index is 12.6. The number of amides is 1. The molecule has 5 nitrogen and oxygen atoms in total. The summed E-state index contributed by atoms with van der Waals surface area (Å²) in [6, 6.07) is 5.74. The Balaban J connectivity index is 2.07. The summed E-state index contributed by atoms with van der Waals surface area (Å²) in [6.07, 6.45) is 2.10. The molecule has 0 aromatic carbocycles. The van der Waals surface area contributed by atoms with Crippen LogP contribution in [-0.2, 0) is 4.79 Å². The van der Waals surface area contributed by atoms with Crippen molar-refractivity contribution in [3.63, 3.8) is 0 Å². The average molecular weight is 311 g/mol. The first-order valence-corrected chi connectivity index (χ1v) is 7.93. The van der Waals surface area contributed by atoms with E-state index in [9.17, 15) is 9.59 Å². The molecule has 6 heteroatoms. The zero-order valence-corrected chi connectivity index (χ0v) is 12.7. The van der Waals surface area contributed by atoms with Crippen molar-refractivity contribution in [3.05, 3.63) is 62.2 Å². The number of hydrogen-bond acceptors (Lipinski definition) is 4. The SMILES string of the molecule is Cc1cccn2c3c(c(=O)nc12)[C@H](c1ccsc1)CC(=O)N3. The molecule has 0 spiro atoms. The van der Waals surface area contributed by atoms with Gasteiger partial charge in [-0.05, 0) is 40.9 Å². The minimum Gasteiger partial charge on any atom is -0.311 e. The minimum atomic E-state index is -0.263. The van der Waals surface area contributed by atoms with E-state index in [0.717, 1.165) is 11.1 Å². The van der Waals surface area contributed by atoms with E-state index in [4.69, 9.17) is 0 Å². The van der Waals surface area contributed by atoms with Gasteiger partial charge in [-0.1, -0.05) is 6.07 Å². The molecule has 0 radical (unpaired) electrons. The fourth-order valence-corrected chi connectivity index (χ4v) is 3.70. The molecule has 3 aromatic heterocycles. The molecule has 1 N–H and O–H groups in total. The maximum Gasteiger partial charge on any atom is 0.279 e. The molecule has 1 atom stereocenters. The lowest BCUT2D eigenvalue weighted by molar-refractivity contribution is -0.116. The number of rotatable bonds is 1. The van der Waals surface area contributed by atoms with Crippen LogP contribution in [-0.4, -0.2) is 15.3 Å². The van der Waals surface area contributed by atoms with E-state index in [1.807, 2.05) is 42.1 Å². The number of aryl methyl sites for hydroxylation is 1. The first-order chi connectivity index (χ1) is 10.6. The molecule has 0 saturated carbocycles. The number of fused-ring (bicyclic) bond motifs is 3. The number of thiophene rings is 1. The van der Waals surface area contributed by atoms with Crippen LogP contribution in [0.3, 0.4) is 0 Å². The van der Waals surface area contributed by atoms with E-state index in [-0.39, 0.29) is 23.8 Å². The van der Waals surface area contributed by atoms with Gasteiger partial charge in [-0.25, -0.2) is 0 Å². The zero-order valence-electron chi connectivity index (χ0n) is 11.9. The summed E-state index contributed by atoms with van der Waals surface area (Å²) in [7, 11) is 0. The number of carbonyl (C=O) groups excluding carboxylic acids is 1. The molecule has 0 aliphatic carbocycles. The summed E-state index contributed by atoms with van der Waals surface area (Å²) in [5.41, 5.74) is 2.78. The number of carbonyl (C=O) groups is 1. The van der Waals surface area contributed by atoms with Gasteiger partial charge in [-0.2, -0.15) is 16.3 Å². The van der Waals surface area contributed by atoms with Gasteiger partial charge in [-0.15, -0.1) is 0 Å². The maximum atomic E-state index is 12.6. The van der Waals surface area contributed by atoms with Crippen LogP contribution in [0.4, 0.5) is 5.82 Å². The summed E-state index contributed by atoms with van der Waals surface area (Å²) < 4.78 is 1.79. The highest BCUT2D eigenvalue weighted by molar-refractivity contribution is 7.08. The van der Waals surface area contributed by atoms with Crippen LogP contribution >= 0.6 is 11.3 Å². The van der Waals surface area contributed by atoms with Crippen molar-refractivity contribution in [2.75, 3.05) is 5.32 Å². The van der Waals surface area contributed by atoms with Gasteiger partial charge >= 0.3 is 0 Å². The highest BCUT2D eigenvalue weighted by Gasteiger charge is 2.31. The quantitative estimate of drug-likeness (QED) is 0.751. The van der Waals surface area contributed by atoms with Gasteiger partial charge in [0, 0.05) is 18.5 Å². The Bertz CT molecular complexity index is 944. The molecule has 0 fully saturated rings. The summed E-state index contributed by atoms with van der Waals surface area (Å²) in [6.45, 7) is 1.90. The average Bonchev–Trinajstić information content (AvgIpc) is 3.02. The van der Waals surface area contributed by atoms with Gasteiger partial charge in [0.25, 0.3) is 5.56 Å². The Morgan fingerprint density at radius 2 is 2.23 bits per heavy atom. The van der Waals surface area contributed by atoms with Crippen LogP contribution in [0.15, 0.2) is 40.0 Å². The lowest BCUT2D eigenvalue weighted by atomic mass is 9.88. The summed E-state index contributed by atoms with van der Waals surface area (Å²) in [5.74, 6) is 0.239. The van der Waals surface area contributed by atoms with E-state index in [1.165, 1.54) is 0 Å². The Morgan fingerprint density at radius 3 is 3.00 bits per heavy atom. The monoisotopic (exact) mass is 311 g/mol. The first kappa shape index (κ1) is 13.2. The van der Waals surface area contributed by atoms with Crippen LogP contribution in [0, 0.1) is 6.92 Å². The predicted molar refractivity (Wildman–Crippen MR) is 85.6 cm³/mol. The fourth-order valence-electron chi connectivity index (χ4n) is 2.99. The van der Waals surface area contributed by atoms with Crippen molar-refractivity contribution in [1.29, 1.82) is 0 Å². The van der Waals surface area contributed by atoms with Gasteiger partial charge in [0.05, 0.1) is 5.56 Å². The molecule has 1 aliphatic rings. The molecule has 22 heavy (non-hydrogen) atoms. The smallest absolute Gasteiger partial charge is 0.279 e. The second-order valence-corrected chi connectivity index (χ2v) is 6.21. The Hall–Kier alpha value is -2.47. The molecule has 3 aromatic rings. The Kier molecular flexibility index (Phi) is 2.87. The molecular weight excluding hydrogens is 298 g/mol. The fraction of sp³-hybridized carbons (Fsp3) is 0.188. The highest BCUT2D eigenvalue weighted by atomic mass is 32.1. The van der Waals surface area contributed by atoms with Crippen molar-refractivity contribution < 1.29 is 4.79 Å². The van der Waals surface area contributed by atoms with Crippen molar-refractivity contribution in [2.24, 2.45) is 0 Å². The molecule has 0 unspecified atom stereocenters. The Labute approximate surface area is 130 Å². The number of pyridine rings is 1. The molecule has 0 bridgehead atoms. The van der Waals surface area contributed by atoms with Gasteiger partial charge in [0.1, 0.15) is 11.5 Å². The zero-order chi connectivity index (χ0) is 15.3. The normalized spacial score (nSPS) is 17.3. The summed E-state index contributed by atoms with van der Waals surface area (Å²) >= 11 is 1.56. The van der Waals surface area contributed by atoms with Crippen molar-refractivity contribution >= 4 is 28.7 Å². The number of hydrogen-bond donors (Lipinski definition) is 1. The van der Waals surface area contributed by atoms with Crippen molar-refractivity contribution in [2.45, 2.75) is 19.3 Å². The standard InChI is InChI=1S/C16H13N3O2S/c1-9-3-2-5-19-14(9)18-16(21)13-11(10-4-6-22-8-10)7-12(20)17-15(13)19/h2-6,8,11H,7H2,1H3,(H,17,20)/t11-/m0/s1. The van der Waals surface area contributed by atoms with Gasteiger partial charge in [0.15, 0.2) is 0 Å². The largest absolute Gasteiger partial charge is 0.311 e. The lowest BCUT2D eigenvalue weighted by Gasteiger charge is -2.25. The van der Waals surface area contributed by atoms with Gasteiger partial charge in [0.2, 0.25) is 5.91 Å². The molecule has 110 valence electrons. The van der Waals surface area contributed by atoms with Crippen LogP contribution in [0.5, 0.6) is 0 Å². The number of nitrogens with zero attached hydrogens (tertiary/aromatic N) is 2. The molecule has 0 saturated heterocycles. The molecule has 1 amide bonds. The molecule has 4 rings (SSSR count). The third kappa shape index (κ3) is 1.88. The lowest BCUT2D eigenvalue weighted by Crippen LogP contribution is -2.32. The number of aromatic nitrogens is 2. The van der Waals surface area contributed by atoms with E-state index in [1.54, 1.807) is 15.7 Å². The Morgan fingerprint density at radius 1 is 1.36 bits per heavy atom. The van der Waals surface area contributed by atoms with E-state index >= 15 is 0 Å². The predicted octanol–water partition coefficient (Wildman–Crippen LogP) is 2.54. The van der Waals surface area contributed by atoms with Gasteiger partial charge in [-0.3, -0.25) is 14.0 Å². The van der Waals surface area contributed by atoms with Crippen LogP contribution in [0.2, 0.25) is 0 Å². The third-order valence-corrected chi connectivity index (χ3v) is 4.74. The van der Waals surface area contributed by atoms with Crippen LogP contribution < -0.4 is 10.9 Å². The minimum absolute atomic E-state index is 0.0791. The number of nitrogens with one attached hydrogen (secondary N) is 1. The van der Waals surface area contributed by atoms with Crippen LogP contribution in [0.1, 0.15) is 29.0 Å². The highest BCUT2D eigenvalue weighted by Crippen LogP contribution is 2.35. The summed E-state index contributed by atoms with van der Waals surface area (Å²) in [4.78, 5) is 28.9. The van der Waals surface area contributed by atoms with Crippen molar-refractivity contribution in [1.82, 2.24) is 9.38 Å². The summed E-state index contributed by atoms with van der Waals surface area (Å²) in [5, 5.41) is 6.79. The number of anilines is 1.